The van der Waals surface area contributed by atoms with E-state index in [1.165, 1.54) is 238 Å². The molecule has 0 aromatic heterocycles. The number of carbonyl (C=O) groups is 2. The van der Waals surface area contributed by atoms with Crippen LogP contribution in [0.3, 0.4) is 0 Å². The zero-order valence-electron chi connectivity index (χ0n) is 44.9. The Hall–Kier alpha value is -1.92. The molecule has 0 fully saturated rings. The second kappa shape index (κ2) is 56.7. The Morgan fingerprint density at radius 3 is 1.13 bits per heavy atom. The third-order valence-electron chi connectivity index (χ3n) is 13.7. The van der Waals surface area contributed by atoms with Gasteiger partial charge in [-0.2, -0.15) is 0 Å². The minimum absolute atomic E-state index is 0.0325. The highest BCUT2D eigenvalue weighted by molar-refractivity contribution is 5.76. The minimum Gasteiger partial charge on any atom is -0.465 e. The van der Waals surface area contributed by atoms with Gasteiger partial charge in [-0.15, -0.1) is 0 Å². The first-order chi connectivity index (χ1) is 33.0. The van der Waals surface area contributed by atoms with Gasteiger partial charge in [-0.3, -0.25) is 9.59 Å². The number of hydrogen-bond donors (Lipinski definition) is 3. The molecule has 67 heavy (non-hydrogen) atoms. The van der Waals surface area contributed by atoms with Crippen molar-refractivity contribution in [3.8, 4) is 0 Å². The highest BCUT2D eigenvalue weighted by atomic mass is 16.5. The van der Waals surface area contributed by atoms with Gasteiger partial charge in [0.2, 0.25) is 5.91 Å². The van der Waals surface area contributed by atoms with Crippen molar-refractivity contribution in [2.45, 2.75) is 328 Å². The summed E-state index contributed by atoms with van der Waals surface area (Å²) >= 11 is 0. The van der Waals surface area contributed by atoms with Crippen molar-refractivity contribution in [1.29, 1.82) is 0 Å². The summed E-state index contributed by atoms with van der Waals surface area (Å²) in [4.78, 5) is 24.5. The van der Waals surface area contributed by atoms with Gasteiger partial charge in [0, 0.05) is 12.8 Å². The van der Waals surface area contributed by atoms with E-state index in [2.05, 4.69) is 43.5 Å². The summed E-state index contributed by atoms with van der Waals surface area (Å²) < 4.78 is 5.42. The van der Waals surface area contributed by atoms with E-state index < -0.39 is 12.1 Å². The predicted molar refractivity (Wildman–Crippen MR) is 292 cm³/mol. The van der Waals surface area contributed by atoms with E-state index in [9.17, 15) is 19.8 Å². The summed E-state index contributed by atoms with van der Waals surface area (Å²) in [6.45, 7) is 4.80. The lowest BCUT2D eigenvalue weighted by Gasteiger charge is -2.20. The average molecular weight is 943 g/mol. The average Bonchev–Trinajstić information content (AvgIpc) is 3.33. The lowest BCUT2D eigenvalue weighted by atomic mass is 10.0. The van der Waals surface area contributed by atoms with Crippen molar-refractivity contribution in [1.82, 2.24) is 5.32 Å². The molecule has 6 nitrogen and oxygen atoms in total. The molecular formula is C61H115NO5. The van der Waals surface area contributed by atoms with Crippen LogP contribution < -0.4 is 5.32 Å². The molecule has 2 atom stereocenters. The molecule has 6 heteroatoms. The van der Waals surface area contributed by atoms with Crippen LogP contribution in [-0.2, 0) is 14.3 Å². The van der Waals surface area contributed by atoms with Crippen LogP contribution in [0.15, 0.2) is 36.5 Å². The maximum absolute atomic E-state index is 12.4. The van der Waals surface area contributed by atoms with Gasteiger partial charge in [0.05, 0.1) is 25.4 Å². The van der Waals surface area contributed by atoms with Crippen molar-refractivity contribution in [2.75, 3.05) is 13.2 Å². The van der Waals surface area contributed by atoms with Crippen LogP contribution in [-0.4, -0.2) is 47.4 Å². The first kappa shape index (κ1) is 65.1. The number of carbonyl (C=O) groups excluding carboxylic acids is 2. The summed E-state index contributed by atoms with van der Waals surface area (Å²) in [6.07, 6.45) is 70.5. The van der Waals surface area contributed by atoms with Crippen LogP contribution >= 0.6 is 0 Å². The number of aliphatic hydroxyl groups is 2. The van der Waals surface area contributed by atoms with E-state index in [-0.39, 0.29) is 18.5 Å². The first-order valence-electron chi connectivity index (χ1n) is 29.8. The molecule has 0 bridgehead atoms. The van der Waals surface area contributed by atoms with Crippen molar-refractivity contribution in [2.24, 2.45) is 0 Å². The Labute approximate surface area is 417 Å². The van der Waals surface area contributed by atoms with Crippen molar-refractivity contribution >= 4 is 11.9 Å². The molecule has 0 spiro atoms. The molecule has 0 heterocycles. The number of ether oxygens (including phenoxy) is 1. The first-order valence-corrected chi connectivity index (χ1v) is 29.8. The van der Waals surface area contributed by atoms with Gasteiger partial charge >= 0.3 is 5.97 Å². The number of aliphatic hydroxyl groups excluding tert-OH is 2. The van der Waals surface area contributed by atoms with E-state index in [1.54, 1.807) is 6.08 Å². The van der Waals surface area contributed by atoms with E-state index in [0.29, 0.717) is 19.4 Å². The number of amides is 1. The number of esters is 1. The van der Waals surface area contributed by atoms with E-state index in [0.717, 1.165) is 51.4 Å². The zero-order valence-corrected chi connectivity index (χ0v) is 44.9. The maximum atomic E-state index is 12.4. The zero-order chi connectivity index (χ0) is 48.6. The van der Waals surface area contributed by atoms with Gasteiger partial charge < -0.3 is 20.3 Å². The van der Waals surface area contributed by atoms with E-state index >= 15 is 0 Å². The molecule has 2 unspecified atom stereocenters. The third-order valence-corrected chi connectivity index (χ3v) is 13.7. The van der Waals surface area contributed by atoms with Crippen molar-refractivity contribution in [3.63, 3.8) is 0 Å². The normalized spacial score (nSPS) is 12.8. The largest absolute Gasteiger partial charge is 0.465 e. The minimum atomic E-state index is -0.847. The Morgan fingerprint density at radius 2 is 0.746 bits per heavy atom. The van der Waals surface area contributed by atoms with Crippen LogP contribution in [0.25, 0.3) is 0 Å². The molecule has 0 saturated carbocycles. The monoisotopic (exact) mass is 942 g/mol. The Bertz CT molecular complexity index is 1090. The van der Waals surface area contributed by atoms with Crippen molar-refractivity contribution < 1.29 is 24.5 Å². The van der Waals surface area contributed by atoms with E-state index in [1.807, 2.05) is 6.08 Å². The fourth-order valence-electron chi connectivity index (χ4n) is 9.12. The summed E-state index contributed by atoms with van der Waals surface area (Å²) in [5.74, 6) is -0.105. The maximum Gasteiger partial charge on any atom is 0.305 e. The molecule has 0 aliphatic carbocycles. The molecule has 0 saturated heterocycles. The number of allylic oxidation sites excluding steroid dienone is 4. The molecule has 1 amide bonds. The summed E-state index contributed by atoms with van der Waals surface area (Å²) in [6, 6.07) is -0.631. The molecule has 3 N–H and O–H groups in total. The van der Waals surface area contributed by atoms with Crippen LogP contribution in [0, 0.1) is 0 Å². The topological polar surface area (TPSA) is 95.9 Å². The molecule has 0 aromatic carbocycles. The number of unbranched alkanes of at least 4 members (excludes halogenated alkanes) is 40. The predicted octanol–water partition coefficient (Wildman–Crippen LogP) is 18.4. The lowest BCUT2D eigenvalue weighted by molar-refractivity contribution is -0.143. The molecular weight excluding hydrogens is 827 g/mol. The third kappa shape index (κ3) is 53.3. The Balaban J connectivity index is 3.46. The lowest BCUT2D eigenvalue weighted by Crippen LogP contribution is -2.45. The molecule has 0 aliphatic heterocycles. The number of rotatable bonds is 55. The number of nitrogens with one attached hydrogen (secondary N) is 1. The Morgan fingerprint density at radius 1 is 0.418 bits per heavy atom. The highest BCUT2D eigenvalue weighted by Gasteiger charge is 2.18. The molecule has 394 valence electrons. The van der Waals surface area contributed by atoms with Gasteiger partial charge in [-0.25, -0.2) is 0 Å². The quantitative estimate of drug-likeness (QED) is 0.0321. The SMILES string of the molecule is CCCCCCCCCCCCC/C=C/C(O)C(CO)NC(=O)CCCCCCCCCCCCCCCC/C=C\C/C=C\CCOC(=O)CCCCCCCCCCCCCCCCCC. The van der Waals surface area contributed by atoms with Crippen LogP contribution in [0.5, 0.6) is 0 Å². The summed E-state index contributed by atoms with van der Waals surface area (Å²) in [5.41, 5.74) is 0. The summed E-state index contributed by atoms with van der Waals surface area (Å²) in [5, 5.41) is 23.1. The Kier molecular flexibility index (Phi) is 55.0. The molecule has 0 aromatic rings. The highest BCUT2D eigenvalue weighted by Crippen LogP contribution is 2.17. The summed E-state index contributed by atoms with van der Waals surface area (Å²) in [7, 11) is 0. The fraction of sp³-hybridized carbons (Fsp3) is 0.869. The fourth-order valence-corrected chi connectivity index (χ4v) is 9.12. The van der Waals surface area contributed by atoms with Crippen LogP contribution in [0.1, 0.15) is 316 Å². The molecule has 0 radical (unpaired) electrons. The van der Waals surface area contributed by atoms with E-state index in [4.69, 9.17) is 4.74 Å². The van der Waals surface area contributed by atoms with Crippen LogP contribution in [0.4, 0.5) is 0 Å². The van der Waals surface area contributed by atoms with Gasteiger partial charge in [-0.1, -0.05) is 288 Å². The molecule has 0 rings (SSSR count). The smallest absolute Gasteiger partial charge is 0.305 e. The van der Waals surface area contributed by atoms with Gasteiger partial charge in [0.25, 0.3) is 0 Å². The van der Waals surface area contributed by atoms with Crippen molar-refractivity contribution in [3.05, 3.63) is 36.5 Å². The second-order valence-electron chi connectivity index (χ2n) is 20.3. The molecule has 0 aliphatic rings. The van der Waals surface area contributed by atoms with Gasteiger partial charge in [0.1, 0.15) is 0 Å². The number of hydrogen-bond acceptors (Lipinski definition) is 5. The van der Waals surface area contributed by atoms with Gasteiger partial charge in [-0.05, 0) is 51.4 Å². The van der Waals surface area contributed by atoms with Gasteiger partial charge in [0.15, 0.2) is 0 Å². The standard InChI is InChI=1S/C61H115NO5/c1-3-5-7-9-11-13-15-17-18-27-31-35-39-43-47-51-55-61(66)67-56-52-48-44-40-36-32-28-25-23-21-19-20-22-24-26-30-34-38-42-46-50-54-60(65)62-58(57-63)59(64)53-49-45-41-37-33-29-16-14-12-10-8-6-4-2/h32,36,44,48-49,53,58-59,63-64H,3-31,33-35,37-43,45-47,50-52,54-57H2,1-2H3,(H,62,65)/b36-32-,48-44-,53-49+. The second-order valence-corrected chi connectivity index (χ2v) is 20.3. The van der Waals surface area contributed by atoms with Crippen LogP contribution in [0.2, 0.25) is 0 Å².